The molecule has 182 valence electrons. The molecule has 2 N–H and O–H groups in total. The number of nitrogens with zero attached hydrogens (tertiary/aromatic N) is 4. The average molecular weight is 486 g/mol. The van der Waals surface area contributed by atoms with E-state index in [1.54, 1.807) is 26.0 Å². The van der Waals surface area contributed by atoms with Crippen molar-refractivity contribution in [3.8, 4) is 17.8 Å². The summed E-state index contributed by atoms with van der Waals surface area (Å²) in [5.41, 5.74) is -1.20. The first kappa shape index (κ1) is 25.2. The Hall–Kier alpha value is -4.40. The van der Waals surface area contributed by atoms with Crippen LogP contribution in [0.15, 0.2) is 47.5 Å². The topological polar surface area (TPSA) is 122 Å². The molecule has 0 aliphatic carbocycles. The third-order valence-electron chi connectivity index (χ3n) is 4.91. The molecule has 2 aromatic heterocycles. The second-order valence-corrected chi connectivity index (χ2v) is 7.40. The molecule has 1 aromatic carbocycles. The number of hydrogen-bond acceptors (Lipinski definition) is 6. The number of nitriles is 1. The van der Waals surface area contributed by atoms with Gasteiger partial charge >= 0.3 is 12.2 Å². The Morgan fingerprint density at radius 1 is 1.26 bits per heavy atom. The highest BCUT2D eigenvalue weighted by Gasteiger charge is 2.35. The number of benzene rings is 1. The van der Waals surface area contributed by atoms with Crippen molar-refractivity contribution in [1.82, 2.24) is 14.5 Å². The van der Waals surface area contributed by atoms with Gasteiger partial charge in [-0.25, -0.2) is 14.8 Å². The van der Waals surface area contributed by atoms with Crippen LogP contribution < -0.4 is 20.9 Å². The van der Waals surface area contributed by atoms with Crippen molar-refractivity contribution in [2.75, 3.05) is 17.2 Å². The van der Waals surface area contributed by atoms with E-state index in [4.69, 9.17) is 10.00 Å². The van der Waals surface area contributed by atoms with E-state index in [2.05, 4.69) is 20.6 Å². The van der Waals surface area contributed by atoms with Crippen molar-refractivity contribution in [1.29, 1.82) is 5.26 Å². The molecule has 12 heteroatoms. The summed E-state index contributed by atoms with van der Waals surface area (Å²) in [6.45, 7) is 5.13. The number of nitrogens with one attached hydrogen (secondary N) is 2. The Kier molecular flexibility index (Phi) is 7.39. The molecular weight excluding hydrogens is 465 g/mol. The molecule has 0 saturated heterocycles. The Morgan fingerprint density at radius 3 is 2.60 bits per heavy atom. The van der Waals surface area contributed by atoms with Crippen LogP contribution in [0, 0.1) is 18.3 Å². The van der Waals surface area contributed by atoms with Crippen molar-refractivity contribution >= 4 is 17.4 Å². The zero-order chi connectivity index (χ0) is 25.8. The minimum Gasteiger partial charge on any atom is -0.494 e. The third-order valence-corrected chi connectivity index (χ3v) is 4.91. The Labute approximate surface area is 198 Å². The van der Waals surface area contributed by atoms with Crippen LogP contribution in [-0.2, 0) is 6.18 Å². The molecule has 3 aromatic rings. The Balaban J connectivity index is 1.78. The summed E-state index contributed by atoms with van der Waals surface area (Å²) in [5, 5.41) is 13.8. The molecule has 0 aliphatic rings. The molecule has 9 nitrogen and oxygen atoms in total. The molecule has 35 heavy (non-hydrogen) atoms. The molecule has 1 unspecified atom stereocenters. The van der Waals surface area contributed by atoms with Crippen LogP contribution >= 0.6 is 0 Å². The van der Waals surface area contributed by atoms with Crippen molar-refractivity contribution in [2.45, 2.75) is 32.9 Å². The maximum Gasteiger partial charge on any atom is 0.416 e. The van der Waals surface area contributed by atoms with Crippen molar-refractivity contribution in [2.24, 2.45) is 0 Å². The lowest BCUT2D eigenvalue weighted by Crippen LogP contribution is -2.23. The maximum absolute atomic E-state index is 13.4. The van der Waals surface area contributed by atoms with Crippen LogP contribution in [0.4, 0.5) is 29.3 Å². The smallest absolute Gasteiger partial charge is 0.416 e. The number of urea groups is 1. The van der Waals surface area contributed by atoms with E-state index in [0.717, 1.165) is 12.1 Å². The second kappa shape index (κ2) is 10.3. The number of carbonyl (C=O) groups excluding carboxylic acids is 1. The lowest BCUT2D eigenvalue weighted by molar-refractivity contribution is -0.138. The summed E-state index contributed by atoms with van der Waals surface area (Å²) in [7, 11) is 0. The van der Waals surface area contributed by atoms with Crippen LogP contribution in [0.25, 0.3) is 5.95 Å². The lowest BCUT2D eigenvalue weighted by atomic mass is 9.96. The largest absolute Gasteiger partial charge is 0.494 e. The van der Waals surface area contributed by atoms with Crippen molar-refractivity contribution < 1.29 is 22.7 Å². The maximum atomic E-state index is 13.4. The van der Waals surface area contributed by atoms with Crippen molar-refractivity contribution in [3.63, 3.8) is 0 Å². The number of rotatable bonds is 6. The van der Waals surface area contributed by atoms with Gasteiger partial charge in [0.15, 0.2) is 0 Å². The van der Waals surface area contributed by atoms with Crippen LogP contribution in [-0.4, -0.2) is 27.2 Å². The highest BCUT2D eigenvalue weighted by atomic mass is 19.4. The first-order valence-electron chi connectivity index (χ1n) is 10.4. The SMILES string of the molecule is CCOc1ccn(-c2ncc(NC(=O)Nc3ccc(C(C)C#N)c(C(F)(F)F)c3)c(C)n2)c(=O)c1. The van der Waals surface area contributed by atoms with E-state index in [0.29, 0.717) is 18.1 Å². The quantitative estimate of drug-likeness (QED) is 0.524. The molecule has 1 atom stereocenters. The van der Waals surface area contributed by atoms with Gasteiger partial charge in [-0.1, -0.05) is 6.07 Å². The van der Waals surface area contributed by atoms with E-state index < -0.39 is 29.2 Å². The molecule has 0 fully saturated rings. The number of hydrogen-bond donors (Lipinski definition) is 2. The standard InChI is InChI=1S/C23H21F3N6O3/c1-4-35-16-7-8-32(20(33)10-16)21-28-12-19(14(3)29-21)31-22(34)30-15-5-6-17(13(2)11-27)18(9-15)23(24,25)26/h5-10,12-13H,4H2,1-3H3,(H2,30,31,34). The van der Waals surface area contributed by atoms with Crippen LogP contribution in [0.3, 0.4) is 0 Å². The first-order chi connectivity index (χ1) is 16.5. The molecule has 0 aliphatic heterocycles. The zero-order valence-electron chi connectivity index (χ0n) is 19.0. The number of carbonyl (C=O) groups is 1. The van der Waals surface area contributed by atoms with Gasteiger partial charge in [0, 0.05) is 18.0 Å². The van der Waals surface area contributed by atoms with E-state index in [1.807, 2.05) is 0 Å². The fourth-order valence-corrected chi connectivity index (χ4v) is 3.19. The number of anilines is 2. The van der Waals surface area contributed by atoms with Gasteiger partial charge < -0.3 is 15.4 Å². The van der Waals surface area contributed by atoms with Crippen molar-refractivity contribution in [3.05, 3.63) is 69.9 Å². The third kappa shape index (κ3) is 5.94. The number of amides is 2. The fourth-order valence-electron chi connectivity index (χ4n) is 3.19. The van der Waals surface area contributed by atoms with Gasteiger partial charge in [0.05, 0.1) is 41.7 Å². The normalized spacial score (nSPS) is 11.9. The van der Waals surface area contributed by atoms with Gasteiger partial charge in [-0.2, -0.15) is 18.4 Å². The fraction of sp³-hybridized carbons (Fsp3) is 0.261. The summed E-state index contributed by atoms with van der Waals surface area (Å²) < 4.78 is 46.8. The predicted octanol–water partition coefficient (Wildman–Crippen LogP) is 4.62. The second-order valence-electron chi connectivity index (χ2n) is 7.40. The molecule has 0 bridgehead atoms. The number of aromatic nitrogens is 3. The van der Waals surface area contributed by atoms with Gasteiger partial charge in [-0.15, -0.1) is 0 Å². The number of alkyl halides is 3. The monoisotopic (exact) mass is 486 g/mol. The molecule has 0 spiro atoms. The number of aryl methyl sites for hydroxylation is 1. The van der Waals surface area contributed by atoms with Crippen LogP contribution in [0.2, 0.25) is 0 Å². The molecule has 0 radical (unpaired) electrons. The predicted molar refractivity (Wildman–Crippen MR) is 122 cm³/mol. The molecule has 0 saturated carbocycles. The number of pyridine rings is 1. The number of halogens is 3. The first-order valence-corrected chi connectivity index (χ1v) is 10.4. The molecule has 2 amide bonds. The summed E-state index contributed by atoms with van der Waals surface area (Å²) in [5.74, 6) is -0.501. The number of ether oxygens (including phenoxy) is 1. The van der Waals surface area contributed by atoms with Crippen LogP contribution in [0.5, 0.6) is 5.75 Å². The minimum absolute atomic E-state index is 0.0681. The van der Waals surface area contributed by atoms with Gasteiger partial charge in [0.25, 0.3) is 5.56 Å². The summed E-state index contributed by atoms with van der Waals surface area (Å²) >= 11 is 0. The molecule has 3 rings (SSSR count). The van der Waals surface area contributed by atoms with Crippen LogP contribution in [0.1, 0.15) is 36.6 Å². The summed E-state index contributed by atoms with van der Waals surface area (Å²) in [6.07, 6.45) is -1.97. The van der Waals surface area contributed by atoms with E-state index in [1.165, 1.54) is 36.0 Å². The molecular formula is C23H21F3N6O3. The minimum atomic E-state index is -4.70. The Morgan fingerprint density at radius 2 is 2.00 bits per heavy atom. The summed E-state index contributed by atoms with van der Waals surface area (Å²) in [4.78, 5) is 33.0. The zero-order valence-corrected chi connectivity index (χ0v) is 19.0. The molecule has 2 heterocycles. The van der Waals surface area contributed by atoms with Gasteiger partial charge in [-0.3, -0.25) is 9.36 Å². The lowest BCUT2D eigenvalue weighted by Gasteiger charge is -2.16. The highest BCUT2D eigenvalue weighted by molar-refractivity contribution is 6.00. The van der Waals surface area contributed by atoms with E-state index in [-0.39, 0.29) is 22.9 Å². The highest BCUT2D eigenvalue weighted by Crippen LogP contribution is 2.36. The van der Waals surface area contributed by atoms with Gasteiger partial charge in [-0.05, 0) is 44.5 Å². The Bertz CT molecular complexity index is 1350. The van der Waals surface area contributed by atoms with Gasteiger partial charge in [0.2, 0.25) is 5.95 Å². The van der Waals surface area contributed by atoms with Gasteiger partial charge in [0.1, 0.15) is 5.75 Å². The van der Waals surface area contributed by atoms with E-state index >= 15 is 0 Å². The summed E-state index contributed by atoms with van der Waals surface area (Å²) in [6, 6.07) is 7.04. The van der Waals surface area contributed by atoms with E-state index in [9.17, 15) is 22.8 Å². The average Bonchev–Trinajstić information content (AvgIpc) is 2.79.